The molecular formula is C34H40ClN5O4S. The average molecular weight is 650 g/mol. The van der Waals surface area contributed by atoms with Crippen LogP contribution in [0.5, 0.6) is 0 Å². The van der Waals surface area contributed by atoms with Crippen LogP contribution < -0.4 is 15.8 Å². The molecule has 45 heavy (non-hydrogen) atoms. The van der Waals surface area contributed by atoms with Crippen molar-refractivity contribution in [2.24, 2.45) is 5.73 Å². The quantitative estimate of drug-likeness (QED) is 0.225. The number of nitrogens with two attached hydrogens (primary N) is 1. The molecule has 9 nitrogen and oxygen atoms in total. The van der Waals surface area contributed by atoms with Crippen molar-refractivity contribution in [3.8, 4) is 0 Å². The van der Waals surface area contributed by atoms with E-state index < -0.39 is 21.6 Å². The molecule has 1 aliphatic heterocycles. The second kappa shape index (κ2) is 12.6. The lowest BCUT2D eigenvalue weighted by Crippen LogP contribution is -2.58. The summed E-state index contributed by atoms with van der Waals surface area (Å²) in [5, 5.41) is 3.95. The summed E-state index contributed by atoms with van der Waals surface area (Å²) in [6, 6.07) is 23.2. The summed E-state index contributed by atoms with van der Waals surface area (Å²) in [6.07, 6.45) is 4.22. The average Bonchev–Trinajstić information content (AvgIpc) is 3.55. The van der Waals surface area contributed by atoms with Crippen LogP contribution in [0.2, 0.25) is 0 Å². The number of fused-ring (bicyclic) bond motifs is 3. The van der Waals surface area contributed by atoms with Gasteiger partial charge in [-0.2, -0.15) is 0 Å². The molecule has 5 N–H and O–H groups in total. The predicted molar refractivity (Wildman–Crippen MR) is 178 cm³/mol. The van der Waals surface area contributed by atoms with Gasteiger partial charge in [-0.05, 0) is 68.0 Å². The molecule has 1 aromatic heterocycles. The lowest BCUT2D eigenvalue weighted by Gasteiger charge is -2.41. The Kier molecular flexibility index (Phi) is 9.15. The van der Waals surface area contributed by atoms with E-state index in [1.807, 2.05) is 53.6 Å². The first-order valence-electron chi connectivity index (χ1n) is 15.1. The first-order chi connectivity index (χ1) is 21.0. The summed E-state index contributed by atoms with van der Waals surface area (Å²) in [4.78, 5) is 32.4. The zero-order valence-electron chi connectivity index (χ0n) is 25.5. The van der Waals surface area contributed by atoms with Crippen LogP contribution in [0.25, 0.3) is 10.9 Å². The Morgan fingerprint density at radius 1 is 1.00 bits per heavy atom. The van der Waals surface area contributed by atoms with Gasteiger partial charge in [-0.25, -0.2) is 13.1 Å². The normalized spacial score (nSPS) is 18.3. The summed E-state index contributed by atoms with van der Waals surface area (Å²) in [5.74, 6) is -0.530. The number of rotatable bonds is 8. The number of amides is 2. The van der Waals surface area contributed by atoms with E-state index in [4.69, 9.17) is 5.73 Å². The third kappa shape index (κ3) is 6.51. The third-order valence-electron chi connectivity index (χ3n) is 9.17. The van der Waals surface area contributed by atoms with Gasteiger partial charge in [0, 0.05) is 48.1 Å². The molecule has 0 saturated carbocycles. The number of H-pyrrole nitrogens is 1. The van der Waals surface area contributed by atoms with E-state index in [1.54, 1.807) is 44.2 Å². The van der Waals surface area contributed by atoms with Gasteiger partial charge in [-0.1, -0.05) is 60.7 Å². The van der Waals surface area contributed by atoms with Crippen molar-refractivity contribution >= 4 is 45.1 Å². The number of aromatic nitrogens is 1. The predicted octanol–water partition coefficient (Wildman–Crippen LogP) is 4.34. The summed E-state index contributed by atoms with van der Waals surface area (Å²) < 4.78 is 29.4. The first kappa shape index (κ1) is 32.7. The fourth-order valence-corrected chi connectivity index (χ4v) is 8.00. The number of carbonyl (C=O) groups is 2. The Balaban J connectivity index is 0.00000400. The van der Waals surface area contributed by atoms with E-state index in [2.05, 4.69) is 21.1 Å². The van der Waals surface area contributed by atoms with Gasteiger partial charge >= 0.3 is 0 Å². The Hall–Kier alpha value is -3.70. The molecule has 0 bridgehead atoms. The van der Waals surface area contributed by atoms with E-state index in [0.717, 1.165) is 27.6 Å². The molecule has 11 heteroatoms. The SMILES string of the molecule is CC(C)(N)C(=O)NC(Cc1c[nH]c2ccccc12)C(=O)N1CCC2(CC1)C[C@@H](NS(=O)(=O)c1ccccc1)c1ccccc12.Cl. The summed E-state index contributed by atoms with van der Waals surface area (Å²) in [5.41, 5.74) is 8.74. The summed E-state index contributed by atoms with van der Waals surface area (Å²) in [7, 11) is -3.71. The van der Waals surface area contributed by atoms with Crippen molar-refractivity contribution in [1.29, 1.82) is 0 Å². The van der Waals surface area contributed by atoms with Gasteiger partial charge in [0.15, 0.2) is 0 Å². The van der Waals surface area contributed by atoms with E-state index in [9.17, 15) is 18.0 Å². The van der Waals surface area contributed by atoms with Crippen molar-refractivity contribution < 1.29 is 18.0 Å². The summed E-state index contributed by atoms with van der Waals surface area (Å²) >= 11 is 0. The highest BCUT2D eigenvalue weighted by Crippen LogP contribution is 2.51. The number of benzene rings is 3. The van der Waals surface area contributed by atoms with Crippen molar-refractivity contribution in [2.45, 2.75) is 67.5 Å². The van der Waals surface area contributed by atoms with Crippen LogP contribution in [0.1, 0.15) is 55.8 Å². The number of para-hydroxylation sites is 1. The lowest BCUT2D eigenvalue weighted by molar-refractivity contribution is -0.138. The minimum Gasteiger partial charge on any atom is -0.361 e. The van der Waals surface area contributed by atoms with Crippen LogP contribution in [0.3, 0.4) is 0 Å². The number of sulfonamides is 1. The van der Waals surface area contributed by atoms with Crippen molar-refractivity contribution in [1.82, 2.24) is 19.9 Å². The number of carbonyl (C=O) groups excluding carboxylic acids is 2. The summed E-state index contributed by atoms with van der Waals surface area (Å²) in [6.45, 7) is 4.25. The Bertz CT molecular complexity index is 1790. The molecule has 6 rings (SSSR count). The number of piperidine rings is 1. The highest BCUT2D eigenvalue weighted by atomic mass is 35.5. The molecule has 1 aliphatic carbocycles. The van der Waals surface area contributed by atoms with Crippen LogP contribution in [-0.4, -0.2) is 54.8 Å². The molecular weight excluding hydrogens is 610 g/mol. The van der Waals surface area contributed by atoms with Crippen molar-refractivity contribution in [2.75, 3.05) is 13.1 Å². The van der Waals surface area contributed by atoms with E-state index in [0.29, 0.717) is 38.8 Å². The van der Waals surface area contributed by atoms with Gasteiger partial charge in [0.25, 0.3) is 0 Å². The molecule has 4 aromatic rings. The van der Waals surface area contributed by atoms with Crippen molar-refractivity contribution in [3.05, 3.63) is 102 Å². The number of nitrogens with zero attached hydrogens (tertiary/aromatic N) is 1. The molecule has 1 unspecified atom stereocenters. The fourth-order valence-electron chi connectivity index (χ4n) is 6.77. The fraction of sp³-hybridized carbons (Fsp3) is 0.353. The molecule has 2 atom stereocenters. The maximum Gasteiger partial charge on any atom is 0.245 e. The van der Waals surface area contributed by atoms with Gasteiger partial charge in [0.2, 0.25) is 21.8 Å². The number of hydrogen-bond acceptors (Lipinski definition) is 5. The molecule has 0 radical (unpaired) electrons. The number of halogens is 1. The zero-order chi connectivity index (χ0) is 31.1. The number of hydrogen-bond donors (Lipinski definition) is 4. The second-order valence-electron chi connectivity index (χ2n) is 12.7. The Labute approximate surface area is 270 Å². The topological polar surface area (TPSA) is 137 Å². The maximum atomic E-state index is 14.0. The highest BCUT2D eigenvalue weighted by molar-refractivity contribution is 7.89. The first-order valence-corrected chi connectivity index (χ1v) is 16.6. The minimum absolute atomic E-state index is 0. The molecule has 1 saturated heterocycles. The van der Waals surface area contributed by atoms with Gasteiger partial charge in [0.1, 0.15) is 6.04 Å². The van der Waals surface area contributed by atoms with Crippen LogP contribution in [0.4, 0.5) is 0 Å². The number of nitrogens with one attached hydrogen (secondary N) is 3. The van der Waals surface area contributed by atoms with Crippen LogP contribution in [0.15, 0.2) is 90.0 Å². The van der Waals surface area contributed by atoms with E-state index in [1.165, 1.54) is 0 Å². The largest absolute Gasteiger partial charge is 0.361 e. The number of likely N-dealkylation sites (tertiary alicyclic amines) is 1. The zero-order valence-corrected chi connectivity index (χ0v) is 27.1. The Morgan fingerprint density at radius 3 is 2.36 bits per heavy atom. The Morgan fingerprint density at radius 2 is 1.64 bits per heavy atom. The second-order valence-corrected chi connectivity index (χ2v) is 14.4. The highest BCUT2D eigenvalue weighted by Gasteiger charge is 2.47. The van der Waals surface area contributed by atoms with E-state index >= 15 is 0 Å². The molecule has 2 amide bonds. The minimum atomic E-state index is -3.71. The molecule has 1 spiro atoms. The number of aromatic amines is 1. The molecule has 238 valence electrons. The monoisotopic (exact) mass is 649 g/mol. The third-order valence-corrected chi connectivity index (χ3v) is 10.7. The van der Waals surface area contributed by atoms with Crippen LogP contribution in [0, 0.1) is 0 Å². The molecule has 3 aromatic carbocycles. The van der Waals surface area contributed by atoms with Gasteiger partial charge in [-0.15, -0.1) is 12.4 Å². The van der Waals surface area contributed by atoms with Gasteiger partial charge in [-0.3, -0.25) is 9.59 Å². The molecule has 2 heterocycles. The van der Waals surface area contributed by atoms with Crippen LogP contribution in [-0.2, 0) is 31.4 Å². The maximum absolute atomic E-state index is 14.0. The van der Waals surface area contributed by atoms with E-state index in [-0.39, 0.29) is 40.6 Å². The van der Waals surface area contributed by atoms with Crippen molar-refractivity contribution in [3.63, 3.8) is 0 Å². The smallest absolute Gasteiger partial charge is 0.245 e. The van der Waals surface area contributed by atoms with Crippen LogP contribution >= 0.6 is 12.4 Å². The lowest BCUT2D eigenvalue weighted by atomic mass is 9.73. The van der Waals surface area contributed by atoms with Gasteiger partial charge < -0.3 is 20.9 Å². The molecule has 2 aliphatic rings. The standard InChI is InChI=1S/C34H39N5O4S.ClH/c1-33(2,35)32(41)37-29(20-23-22-36-28-15-9-7-12-25(23)28)31(40)39-18-16-34(17-19-39)21-30(26-13-6-8-14-27(26)34)38-44(42,43)24-10-4-3-5-11-24;/h3-15,22,29-30,36,38H,16-21,35H2,1-2H3,(H,37,41);1H/t29?,30-;/m1./s1. The molecule has 1 fully saturated rings. The van der Waals surface area contributed by atoms with Gasteiger partial charge in [0.05, 0.1) is 10.4 Å².